The van der Waals surface area contributed by atoms with Gasteiger partial charge in [-0.05, 0) is 61.0 Å². The highest BCUT2D eigenvalue weighted by Crippen LogP contribution is 2.54. The Labute approximate surface area is 184 Å². The number of nitrogens with zero attached hydrogens (tertiary/aromatic N) is 6. The van der Waals surface area contributed by atoms with Crippen molar-refractivity contribution >= 4 is 18.0 Å². The molecule has 1 amide bonds. The van der Waals surface area contributed by atoms with Gasteiger partial charge < -0.3 is 19.1 Å². The highest BCUT2D eigenvalue weighted by atomic mass is 16.6. The Bertz CT molecular complexity index is 937. The van der Waals surface area contributed by atoms with Gasteiger partial charge in [0.25, 0.3) is 11.8 Å². The van der Waals surface area contributed by atoms with E-state index in [4.69, 9.17) is 14.2 Å². The average molecular weight is 442 g/mol. The Hall–Kier alpha value is -3.02. The molecule has 0 atom stereocenters. The van der Waals surface area contributed by atoms with E-state index in [0.717, 1.165) is 11.8 Å². The fraction of sp³-hybridized carbons (Fsp3) is 0.700. The number of hydrogen-bond donors (Lipinski definition) is 2. The normalized spacial score (nSPS) is 30.9. The monoisotopic (exact) mass is 442 g/mol. The van der Waals surface area contributed by atoms with Crippen molar-refractivity contribution in [2.24, 2.45) is 23.7 Å². The summed E-state index contributed by atoms with van der Waals surface area (Å²) in [7, 11) is 0. The lowest BCUT2D eigenvalue weighted by atomic mass is 9.55. The van der Waals surface area contributed by atoms with E-state index in [9.17, 15) is 4.79 Å². The van der Waals surface area contributed by atoms with E-state index < -0.39 is 6.09 Å². The molecule has 4 saturated carbocycles. The summed E-state index contributed by atoms with van der Waals surface area (Å²) >= 11 is 0. The lowest BCUT2D eigenvalue weighted by molar-refractivity contribution is -0.0810. The fourth-order valence-electron chi connectivity index (χ4n) is 6.04. The Morgan fingerprint density at radius 2 is 1.88 bits per heavy atom. The van der Waals surface area contributed by atoms with Gasteiger partial charge in [0.05, 0.1) is 19.4 Å². The SMILES string of the molecule is O=C(Nc1nn[nH]n1)Oc1cnc(N2CCOCC2)nc1OC1C2CC3CC(C2)CC1C3. The van der Waals surface area contributed by atoms with Gasteiger partial charge in [0.2, 0.25) is 11.7 Å². The van der Waals surface area contributed by atoms with Gasteiger partial charge >= 0.3 is 6.09 Å². The van der Waals surface area contributed by atoms with Crippen LogP contribution in [0.5, 0.6) is 11.6 Å². The van der Waals surface area contributed by atoms with Crippen LogP contribution in [0.3, 0.4) is 0 Å². The van der Waals surface area contributed by atoms with Gasteiger partial charge in [-0.15, -0.1) is 5.10 Å². The van der Waals surface area contributed by atoms with Crippen molar-refractivity contribution in [3.8, 4) is 11.6 Å². The summed E-state index contributed by atoms with van der Waals surface area (Å²) in [5.74, 6) is 3.80. The number of anilines is 2. The summed E-state index contributed by atoms with van der Waals surface area (Å²) in [6.07, 6.45) is 7.07. The Balaban J connectivity index is 1.25. The minimum absolute atomic E-state index is 0.0179. The van der Waals surface area contributed by atoms with E-state index in [2.05, 4.69) is 40.8 Å². The maximum Gasteiger partial charge on any atom is 0.419 e. The first-order valence-electron chi connectivity index (χ1n) is 11.3. The van der Waals surface area contributed by atoms with Crippen molar-refractivity contribution in [2.75, 3.05) is 36.5 Å². The fourth-order valence-corrected chi connectivity index (χ4v) is 6.04. The van der Waals surface area contributed by atoms with Crippen molar-refractivity contribution in [1.82, 2.24) is 30.6 Å². The molecule has 0 unspecified atom stereocenters. The number of tetrazole rings is 1. The Morgan fingerprint density at radius 1 is 1.12 bits per heavy atom. The highest BCUT2D eigenvalue weighted by Gasteiger charge is 2.49. The maximum atomic E-state index is 12.4. The molecule has 0 aromatic carbocycles. The van der Waals surface area contributed by atoms with Gasteiger partial charge in [-0.2, -0.15) is 10.2 Å². The number of hydrogen-bond acceptors (Lipinski definition) is 10. The average Bonchev–Trinajstić information content (AvgIpc) is 3.30. The first-order chi connectivity index (χ1) is 15.7. The summed E-state index contributed by atoms with van der Waals surface area (Å²) in [6, 6.07) is 0. The smallest absolute Gasteiger partial charge is 0.419 e. The van der Waals surface area contributed by atoms with Crippen LogP contribution < -0.4 is 19.7 Å². The Morgan fingerprint density at radius 3 is 2.56 bits per heavy atom. The third-order valence-corrected chi connectivity index (χ3v) is 7.15. The minimum Gasteiger partial charge on any atom is -0.471 e. The lowest BCUT2D eigenvalue weighted by Gasteiger charge is -2.53. The second-order valence-corrected chi connectivity index (χ2v) is 9.20. The molecule has 4 bridgehead atoms. The molecule has 12 nitrogen and oxygen atoms in total. The number of carbonyl (C=O) groups is 1. The van der Waals surface area contributed by atoms with Gasteiger partial charge in [0.1, 0.15) is 6.10 Å². The molecule has 1 saturated heterocycles. The quantitative estimate of drug-likeness (QED) is 0.702. The lowest BCUT2D eigenvalue weighted by Crippen LogP contribution is -2.50. The zero-order chi connectivity index (χ0) is 21.5. The number of aromatic amines is 1. The number of carbonyl (C=O) groups excluding carboxylic acids is 1. The van der Waals surface area contributed by atoms with Gasteiger partial charge in [0.15, 0.2) is 0 Å². The number of aromatic nitrogens is 6. The van der Waals surface area contributed by atoms with Gasteiger partial charge in [-0.25, -0.2) is 9.78 Å². The predicted molar refractivity (Wildman–Crippen MR) is 110 cm³/mol. The van der Waals surface area contributed by atoms with E-state index in [1.807, 2.05) is 0 Å². The summed E-state index contributed by atoms with van der Waals surface area (Å²) in [6.45, 7) is 2.66. The second-order valence-electron chi connectivity index (χ2n) is 9.20. The van der Waals surface area contributed by atoms with Crippen LogP contribution >= 0.6 is 0 Å². The third-order valence-electron chi connectivity index (χ3n) is 7.15. The molecular formula is C20H26N8O4. The molecule has 3 heterocycles. The van der Waals surface area contributed by atoms with Crippen LogP contribution in [-0.4, -0.2) is 69.1 Å². The van der Waals surface area contributed by atoms with E-state index in [-0.39, 0.29) is 17.8 Å². The molecule has 32 heavy (non-hydrogen) atoms. The van der Waals surface area contributed by atoms with Crippen LogP contribution in [0, 0.1) is 23.7 Å². The van der Waals surface area contributed by atoms with Crippen LogP contribution in [-0.2, 0) is 4.74 Å². The van der Waals surface area contributed by atoms with Gasteiger partial charge in [0, 0.05) is 13.1 Å². The molecule has 170 valence electrons. The molecule has 2 aromatic rings. The van der Waals surface area contributed by atoms with Gasteiger partial charge in [-0.3, -0.25) is 5.32 Å². The first kappa shape index (κ1) is 19.6. The van der Waals surface area contributed by atoms with E-state index >= 15 is 0 Å². The standard InChI is InChI=1S/C20H26N8O4/c29-20(23-18-24-26-27-25-18)31-15-10-21-19(28-1-3-30-4-2-28)22-17(15)32-16-13-6-11-5-12(8-13)9-14(16)7-11/h10-14,16H,1-9H2,(H2,23,24,25,26,27,29). The molecule has 0 spiro atoms. The van der Waals surface area contributed by atoms with Gasteiger partial charge in [-0.1, -0.05) is 5.10 Å². The molecule has 0 radical (unpaired) electrons. The highest BCUT2D eigenvalue weighted by molar-refractivity contribution is 5.84. The number of nitrogens with one attached hydrogen (secondary N) is 2. The van der Waals surface area contributed by atoms with Crippen LogP contribution in [0.2, 0.25) is 0 Å². The third kappa shape index (κ3) is 3.83. The number of morpholine rings is 1. The Kier molecular flexibility index (Phi) is 5.01. The molecule has 5 fully saturated rings. The van der Waals surface area contributed by atoms with E-state index in [0.29, 0.717) is 50.0 Å². The molecule has 2 aromatic heterocycles. The largest absolute Gasteiger partial charge is 0.471 e. The van der Waals surface area contributed by atoms with Crippen LogP contribution in [0.4, 0.5) is 16.7 Å². The second kappa shape index (κ2) is 8.15. The molecule has 2 N–H and O–H groups in total. The van der Waals surface area contributed by atoms with E-state index in [1.54, 1.807) is 0 Å². The molecule has 5 aliphatic rings. The molecule has 7 rings (SSSR count). The zero-order valence-corrected chi connectivity index (χ0v) is 17.6. The summed E-state index contributed by atoms with van der Waals surface area (Å²) < 4.78 is 17.5. The van der Waals surface area contributed by atoms with Crippen LogP contribution in [0.25, 0.3) is 0 Å². The summed E-state index contributed by atoms with van der Waals surface area (Å²) in [5, 5.41) is 15.5. The molecule has 4 aliphatic carbocycles. The van der Waals surface area contributed by atoms with Crippen molar-refractivity contribution in [3.05, 3.63) is 6.20 Å². The van der Waals surface area contributed by atoms with Crippen LogP contribution in [0.1, 0.15) is 32.1 Å². The number of ether oxygens (including phenoxy) is 3. The van der Waals surface area contributed by atoms with E-state index in [1.165, 1.54) is 38.3 Å². The topological polar surface area (TPSA) is 140 Å². The molecule has 12 heteroatoms. The summed E-state index contributed by atoms with van der Waals surface area (Å²) in [5.41, 5.74) is 0. The predicted octanol–water partition coefficient (Wildman–Crippen LogP) is 1.64. The number of H-pyrrole nitrogens is 1. The maximum absolute atomic E-state index is 12.4. The van der Waals surface area contributed by atoms with Crippen molar-refractivity contribution in [3.63, 3.8) is 0 Å². The van der Waals surface area contributed by atoms with Crippen molar-refractivity contribution in [1.29, 1.82) is 0 Å². The van der Waals surface area contributed by atoms with Crippen molar-refractivity contribution in [2.45, 2.75) is 38.2 Å². The van der Waals surface area contributed by atoms with Crippen molar-refractivity contribution < 1.29 is 19.0 Å². The molecule has 1 aliphatic heterocycles. The zero-order valence-electron chi connectivity index (χ0n) is 17.6. The van der Waals surface area contributed by atoms with Crippen LogP contribution in [0.15, 0.2) is 6.20 Å². The molecular weight excluding hydrogens is 416 g/mol. The minimum atomic E-state index is -0.760. The number of amides is 1. The number of rotatable bonds is 5. The summed E-state index contributed by atoms with van der Waals surface area (Å²) in [4.78, 5) is 23.5. The first-order valence-corrected chi connectivity index (χ1v) is 11.3.